The van der Waals surface area contributed by atoms with Crippen molar-refractivity contribution >= 4 is 5.91 Å². The summed E-state index contributed by atoms with van der Waals surface area (Å²) in [4.78, 5) is 19.5. The normalized spacial score (nSPS) is 25.5. The summed E-state index contributed by atoms with van der Waals surface area (Å²) >= 11 is 0. The molecular formula is C42H60N2O9. The Morgan fingerprint density at radius 2 is 1.49 bits per heavy atom. The van der Waals surface area contributed by atoms with Crippen LogP contribution in [0.25, 0.3) is 0 Å². The number of benzene rings is 2. The Morgan fingerprint density at radius 1 is 0.849 bits per heavy atom. The van der Waals surface area contributed by atoms with Crippen molar-refractivity contribution in [3.05, 3.63) is 58.4 Å². The molecule has 1 N–H and O–H groups in total. The van der Waals surface area contributed by atoms with Gasteiger partial charge in [-0.15, -0.1) is 0 Å². The Kier molecular flexibility index (Phi) is 13.1. The maximum Gasteiger partial charge on any atom is 0.289 e. The van der Waals surface area contributed by atoms with Gasteiger partial charge in [-0.1, -0.05) is 27.2 Å². The van der Waals surface area contributed by atoms with Gasteiger partial charge >= 0.3 is 0 Å². The number of amides is 1. The van der Waals surface area contributed by atoms with Gasteiger partial charge in [0.1, 0.15) is 0 Å². The summed E-state index contributed by atoms with van der Waals surface area (Å²) in [5.74, 6) is 4.44. The molecule has 0 radical (unpaired) electrons. The highest BCUT2D eigenvalue weighted by Crippen LogP contribution is 2.49. The predicted molar refractivity (Wildman–Crippen MR) is 202 cm³/mol. The number of piperidine rings is 1. The summed E-state index contributed by atoms with van der Waals surface area (Å²) in [6, 6.07) is 8.61. The van der Waals surface area contributed by atoms with Gasteiger partial charge in [0.15, 0.2) is 28.8 Å². The fraction of sp³-hybridized carbons (Fsp3) is 0.643. The lowest BCUT2D eigenvalue weighted by atomic mass is 9.72. The average Bonchev–Trinajstić information content (AvgIpc) is 3.18. The molecule has 0 aromatic heterocycles. The molecule has 0 unspecified atom stereocenters. The van der Waals surface area contributed by atoms with Crippen molar-refractivity contribution in [2.24, 2.45) is 23.7 Å². The summed E-state index contributed by atoms with van der Waals surface area (Å²) < 4.78 is 40.8. The fourth-order valence-corrected chi connectivity index (χ4v) is 9.02. The number of allylic oxidation sites excluding steroid dienone is 1. The van der Waals surface area contributed by atoms with Gasteiger partial charge in [-0.25, -0.2) is 0 Å². The van der Waals surface area contributed by atoms with Crippen LogP contribution in [0.4, 0.5) is 0 Å². The third-order valence-electron chi connectivity index (χ3n) is 12.0. The van der Waals surface area contributed by atoms with E-state index in [9.17, 15) is 4.79 Å². The SMILES string of the molecule is CC[C@H]1CN2CCc3cc(OC)c(OC)cc3[C@@H]2C[C@@H]1C[C@@H]1c2cc(OC)c(OC)cc2CCN1C(=O)C1=C[C@H](C(C)C)C[C@H](OCCOCCO)O1. The lowest BCUT2D eigenvalue weighted by Crippen LogP contribution is -2.48. The standard InChI is InChI=1S/C42H60N2O9/c1-8-27-25-43-11-9-28-19-36(47-4)38(49-6)23-32(28)34(43)17-31(27)18-35-33-24-39(50-7)37(48-5)20-29(33)10-12-44(35)42(46)40-21-30(26(2)3)22-41(53-40)52-16-15-51-14-13-45/h19-21,23-24,26-27,30-31,34-35,41,45H,8-18,22,25H2,1-7H3/t27-,30-,31+,34-,35+,41+/m0/s1. The fourth-order valence-electron chi connectivity index (χ4n) is 9.02. The van der Waals surface area contributed by atoms with Crippen molar-refractivity contribution < 1.29 is 43.1 Å². The highest BCUT2D eigenvalue weighted by atomic mass is 16.7. The minimum absolute atomic E-state index is 0.0361. The molecule has 2 aromatic carbocycles. The molecule has 4 aliphatic heterocycles. The van der Waals surface area contributed by atoms with E-state index in [0.29, 0.717) is 67.6 Å². The van der Waals surface area contributed by atoms with Gasteiger partial charge in [-0.2, -0.15) is 0 Å². The number of aliphatic hydroxyl groups is 1. The topological polar surface area (TPSA) is 108 Å². The van der Waals surface area contributed by atoms with E-state index >= 15 is 0 Å². The first-order valence-corrected chi connectivity index (χ1v) is 19.5. The van der Waals surface area contributed by atoms with Crippen LogP contribution < -0.4 is 18.9 Å². The molecule has 1 saturated heterocycles. The number of methoxy groups -OCH3 is 4. The molecule has 0 saturated carbocycles. The molecule has 4 heterocycles. The highest BCUT2D eigenvalue weighted by Gasteiger charge is 2.43. The molecule has 6 rings (SSSR count). The van der Waals surface area contributed by atoms with Crippen LogP contribution >= 0.6 is 0 Å². The molecule has 0 aliphatic carbocycles. The molecule has 11 nitrogen and oxygen atoms in total. The third kappa shape index (κ3) is 8.43. The van der Waals surface area contributed by atoms with Crippen LogP contribution in [-0.4, -0.2) is 102 Å². The monoisotopic (exact) mass is 736 g/mol. The smallest absolute Gasteiger partial charge is 0.289 e. The van der Waals surface area contributed by atoms with Gasteiger partial charge in [0.25, 0.3) is 5.91 Å². The van der Waals surface area contributed by atoms with Crippen LogP contribution in [-0.2, 0) is 31.8 Å². The van der Waals surface area contributed by atoms with E-state index in [0.717, 1.165) is 55.8 Å². The molecule has 0 bridgehead atoms. The molecule has 11 heteroatoms. The van der Waals surface area contributed by atoms with Crippen LogP contribution in [0.3, 0.4) is 0 Å². The van der Waals surface area contributed by atoms with Gasteiger partial charge in [0.05, 0.1) is 60.9 Å². The Balaban J connectivity index is 1.32. The molecular weight excluding hydrogens is 676 g/mol. The average molecular weight is 737 g/mol. The lowest BCUT2D eigenvalue weighted by molar-refractivity contribution is -0.162. The summed E-state index contributed by atoms with van der Waals surface area (Å²) in [5, 5.41) is 9.06. The minimum Gasteiger partial charge on any atom is -0.493 e. The number of aliphatic hydroxyl groups excluding tert-OH is 1. The van der Waals surface area contributed by atoms with Crippen LogP contribution in [0.15, 0.2) is 36.1 Å². The van der Waals surface area contributed by atoms with Crippen molar-refractivity contribution in [1.29, 1.82) is 0 Å². The van der Waals surface area contributed by atoms with Crippen molar-refractivity contribution in [3.8, 4) is 23.0 Å². The maximum absolute atomic E-state index is 14.8. The van der Waals surface area contributed by atoms with Crippen molar-refractivity contribution in [2.75, 3.05) is 74.5 Å². The van der Waals surface area contributed by atoms with Crippen molar-refractivity contribution in [1.82, 2.24) is 9.80 Å². The van der Waals surface area contributed by atoms with Crippen LogP contribution in [0, 0.1) is 23.7 Å². The molecule has 53 heavy (non-hydrogen) atoms. The zero-order valence-electron chi connectivity index (χ0n) is 32.7. The van der Waals surface area contributed by atoms with Gasteiger partial charge in [-0.3, -0.25) is 9.69 Å². The van der Waals surface area contributed by atoms with E-state index in [2.05, 4.69) is 49.9 Å². The molecule has 0 spiro atoms. The number of rotatable bonds is 15. The van der Waals surface area contributed by atoms with Gasteiger partial charge in [-0.05, 0) is 102 Å². The molecule has 2 aromatic rings. The zero-order chi connectivity index (χ0) is 37.6. The molecule has 6 atom stereocenters. The number of hydrogen-bond donors (Lipinski definition) is 1. The van der Waals surface area contributed by atoms with Crippen LogP contribution in [0.2, 0.25) is 0 Å². The van der Waals surface area contributed by atoms with Gasteiger partial charge < -0.3 is 43.2 Å². The largest absolute Gasteiger partial charge is 0.493 e. The number of carbonyl (C=O) groups is 1. The summed E-state index contributed by atoms with van der Waals surface area (Å²) in [6.45, 7) is 10.1. The first-order valence-electron chi connectivity index (χ1n) is 19.5. The van der Waals surface area contributed by atoms with E-state index in [1.54, 1.807) is 28.4 Å². The Morgan fingerprint density at radius 3 is 2.13 bits per heavy atom. The minimum atomic E-state index is -0.556. The molecule has 1 fully saturated rings. The first kappa shape index (κ1) is 39.2. The summed E-state index contributed by atoms with van der Waals surface area (Å²) in [7, 11) is 6.73. The Bertz CT molecular complexity index is 1590. The van der Waals surface area contributed by atoms with Gasteiger partial charge in [0, 0.05) is 32.1 Å². The number of hydrogen-bond acceptors (Lipinski definition) is 10. The second-order valence-corrected chi connectivity index (χ2v) is 15.2. The first-order chi connectivity index (χ1) is 25.7. The van der Waals surface area contributed by atoms with E-state index < -0.39 is 6.29 Å². The maximum atomic E-state index is 14.8. The zero-order valence-corrected chi connectivity index (χ0v) is 32.7. The predicted octanol–water partition coefficient (Wildman–Crippen LogP) is 6.11. The molecule has 292 valence electrons. The van der Waals surface area contributed by atoms with E-state index in [4.69, 9.17) is 38.3 Å². The van der Waals surface area contributed by atoms with Crippen molar-refractivity contribution in [3.63, 3.8) is 0 Å². The summed E-state index contributed by atoms with van der Waals surface area (Å²) in [6.07, 6.45) is 6.69. The van der Waals surface area contributed by atoms with E-state index in [1.165, 1.54) is 16.7 Å². The number of ether oxygens (including phenoxy) is 7. The lowest BCUT2D eigenvalue weighted by Gasteiger charge is -2.49. The number of fused-ring (bicyclic) bond motifs is 4. The van der Waals surface area contributed by atoms with Crippen LogP contribution in [0.1, 0.15) is 80.8 Å². The number of carbonyl (C=O) groups excluding carboxylic acids is 1. The highest BCUT2D eigenvalue weighted by molar-refractivity contribution is 5.92. The summed E-state index contributed by atoms with van der Waals surface area (Å²) in [5.41, 5.74) is 4.95. The van der Waals surface area contributed by atoms with E-state index in [1.807, 2.05) is 11.0 Å². The molecule has 1 amide bonds. The Hall–Kier alpha value is -3.51. The number of nitrogens with zero attached hydrogens (tertiary/aromatic N) is 2. The second-order valence-electron chi connectivity index (χ2n) is 15.2. The van der Waals surface area contributed by atoms with E-state index in [-0.39, 0.29) is 37.1 Å². The Labute approximate surface area is 315 Å². The second kappa shape index (κ2) is 17.8. The van der Waals surface area contributed by atoms with Crippen LogP contribution in [0.5, 0.6) is 23.0 Å². The quantitative estimate of drug-likeness (QED) is 0.215. The molecule has 4 aliphatic rings. The van der Waals surface area contributed by atoms with Crippen molar-refractivity contribution in [2.45, 2.75) is 77.7 Å². The third-order valence-corrected chi connectivity index (χ3v) is 12.0. The van der Waals surface area contributed by atoms with Gasteiger partial charge in [0.2, 0.25) is 6.29 Å².